The number of rotatable bonds is 7. The monoisotopic (exact) mass is 552 g/mol. The Hall–Kier alpha value is -1.91. The van der Waals surface area contributed by atoms with Gasteiger partial charge in [-0.25, -0.2) is 0 Å². The molecule has 158 valence electrons. The predicted molar refractivity (Wildman–Crippen MR) is 129 cm³/mol. The van der Waals surface area contributed by atoms with Crippen LogP contribution in [-0.2, 0) is 0 Å². The molecule has 0 aromatic heterocycles. The lowest BCUT2D eigenvalue weighted by Crippen LogP contribution is -2.37. The Morgan fingerprint density at radius 1 is 0.966 bits per heavy atom. The van der Waals surface area contributed by atoms with Gasteiger partial charge in [-0.2, -0.15) is 0 Å². The van der Waals surface area contributed by atoms with Gasteiger partial charge in [0, 0.05) is 37.5 Å². The van der Waals surface area contributed by atoms with Gasteiger partial charge in [-0.15, -0.1) is 24.0 Å². The number of hydrogen-bond acceptors (Lipinski definition) is 4. The zero-order valence-corrected chi connectivity index (χ0v) is 20.1. The first-order valence-corrected chi connectivity index (χ1v) is 9.17. The second-order valence-electron chi connectivity index (χ2n) is 5.58. The zero-order chi connectivity index (χ0) is 20.5. The third-order valence-corrected chi connectivity index (χ3v) is 4.49. The summed E-state index contributed by atoms with van der Waals surface area (Å²) in [6.07, 6.45) is 0. The standard InChI is InChI=1S/C19H22Cl2N4O3.HI/c1-22-19(25-13-5-7-16(27-2)17(11-13)28-3)24-9-8-23-18(26)12-4-6-14(20)15(21)10-12;/h4-7,10-11H,8-9H2,1-3H3,(H,23,26)(H2,22,24,25);1H. The Morgan fingerprint density at radius 3 is 2.28 bits per heavy atom. The second-order valence-corrected chi connectivity index (χ2v) is 6.39. The van der Waals surface area contributed by atoms with Gasteiger partial charge in [-0.3, -0.25) is 9.79 Å². The number of nitrogens with one attached hydrogen (secondary N) is 3. The summed E-state index contributed by atoms with van der Waals surface area (Å²) in [5.74, 6) is 1.57. The van der Waals surface area contributed by atoms with Crippen molar-refractivity contribution in [1.82, 2.24) is 10.6 Å². The fourth-order valence-electron chi connectivity index (χ4n) is 2.33. The number of nitrogens with zero attached hydrogens (tertiary/aromatic N) is 1. The van der Waals surface area contributed by atoms with E-state index in [1.54, 1.807) is 45.5 Å². The maximum absolute atomic E-state index is 12.1. The Morgan fingerprint density at radius 2 is 1.66 bits per heavy atom. The average molecular weight is 553 g/mol. The van der Waals surface area contributed by atoms with Crippen LogP contribution in [0.3, 0.4) is 0 Å². The van der Waals surface area contributed by atoms with E-state index < -0.39 is 0 Å². The van der Waals surface area contributed by atoms with E-state index in [9.17, 15) is 4.79 Å². The molecule has 2 aromatic carbocycles. The highest BCUT2D eigenvalue weighted by Crippen LogP contribution is 2.29. The van der Waals surface area contributed by atoms with Gasteiger partial charge in [0.1, 0.15) is 0 Å². The summed E-state index contributed by atoms with van der Waals surface area (Å²) in [6.45, 7) is 0.867. The van der Waals surface area contributed by atoms with Gasteiger partial charge in [-0.1, -0.05) is 23.2 Å². The highest BCUT2D eigenvalue weighted by Gasteiger charge is 2.08. The van der Waals surface area contributed by atoms with E-state index in [0.29, 0.717) is 46.2 Å². The van der Waals surface area contributed by atoms with Crippen LogP contribution in [0.4, 0.5) is 5.69 Å². The van der Waals surface area contributed by atoms with Crippen LogP contribution in [0.5, 0.6) is 11.5 Å². The highest BCUT2D eigenvalue weighted by atomic mass is 127. The van der Waals surface area contributed by atoms with Crippen LogP contribution in [0.15, 0.2) is 41.4 Å². The maximum atomic E-state index is 12.1. The summed E-state index contributed by atoms with van der Waals surface area (Å²) in [7, 11) is 4.81. The minimum atomic E-state index is -0.233. The van der Waals surface area contributed by atoms with E-state index in [2.05, 4.69) is 20.9 Å². The molecular weight excluding hydrogens is 530 g/mol. The molecular formula is C19H23Cl2IN4O3. The van der Waals surface area contributed by atoms with Crippen molar-refractivity contribution in [2.45, 2.75) is 0 Å². The van der Waals surface area contributed by atoms with E-state index in [-0.39, 0.29) is 29.9 Å². The number of carbonyl (C=O) groups is 1. The third-order valence-electron chi connectivity index (χ3n) is 3.75. The molecule has 0 aliphatic rings. The van der Waals surface area contributed by atoms with Crippen molar-refractivity contribution in [3.8, 4) is 11.5 Å². The van der Waals surface area contributed by atoms with E-state index in [1.807, 2.05) is 6.07 Å². The molecule has 29 heavy (non-hydrogen) atoms. The lowest BCUT2D eigenvalue weighted by molar-refractivity contribution is 0.0954. The molecule has 0 saturated carbocycles. The minimum Gasteiger partial charge on any atom is -0.493 e. The van der Waals surface area contributed by atoms with Crippen LogP contribution in [0.25, 0.3) is 0 Å². The molecule has 0 spiro atoms. The molecule has 10 heteroatoms. The van der Waals surface area contributed by atoms with Gasteiger partial charge >= 0.3 is 0 Å². The molecule has 0 atom stereocenters. The highest BCUT2D eigenvalue weighted by molar-refractivity contribution is 14.0. The molecule has 0 bridgehead atoms. The van der Waals surface area contributed by atoms with Gasteiger partial charge in [0.05, 0.1) is 24.3 Å². The van der Waals surface area contributed by atoms with Gasteiger partial charge in [0.15, 0.2) is 17.5 Å². The van der Waals surface area contributed by atoms with Gasteiger partial charge < -0.3 is 25.4 Å². The van der Waals surface area contributed by atoms with Gasteiger partial charge in [-0.05, 0) is 30.3 Å². The number of methoxy groups -OCH3 is 2. The number of ether oxygens (including phenoxy) is 2. The fraction of sp³-hybridized carbons (Fsp3) is 0.263. The van der Waals surface area contributed by atoms with Crippen LogP contribution in [-0.4, -0.2) is 46.2 Å². The summed E-state index contributed by atoms with van der Waals surface area (Å²) in [5.41, 5.74) is 1.23. The number of amides is 1. The molecule has 7 nitrogen and oxygen atoms in total. The number of halogens is 3. The number of guanidine groups is 1. The van der Waals surface area contributed by atoms with Crippen molar-refractivity contribution in [3.05, 3.63) is 52.0 Å². The normalized spacial score (nSPS) is 10.6. The van der Waals surface area contributed by atoms with E-state index >= 15 is 0 Å². The van der Waals surface area contributed by atoms with Crippen molar-refractivity contribution >= 4 is 64.7 Å². The molecule has 2 rings (SSSR count). The largest absolute Gasteiger partial charge is 0.493 e. The van der Waals surface area contributed by atoms with Crippen molar-refractivity contribution < 1.29 is 14.3 Å². The summed E-state index contributed by atoms with van der Waals surface area (Å²) in [6, 6.07) is 10.2. The topological polar surface area (TPSA) is 84.0 Å². The smallest absolute Gasteiger partial charge is 0.251 e. The first-order valence-electron chi connectivity index (χ1n) is 8.41. The summed E-state index contributed by atoms with van der Waals surface area (Å²) >= 11 is 11.8. The second kappa shape index (κ2) is 12.6. The number of carbonyl (C=O) groups excluding carboxylic acids is 1. The summed E-state index contributed by atoms with van der Waals surface area (Å²) in [4.78, 5) is 16.3. The van der Waals surface area contributed by atoms with E-state index in [0.717, 1.165) is 5.69 Å². The molecule has 0 aliphatic carbocycles. The van der Waals surface area contributed by atoms with E-state index in [1.165, 1.54) is 6.07 Å². The number of benzene rings is 2. The third kappa shape index (κ3) is 7.45. The summed E-state index contributed by atoms with van der Waals surface area (Å²) < 4.78 is 10.5. The number of anilines is 1. The van der Waals surface area contributed by atoms with Gasteiger partial charge in [0.25, 0.3) is 5.91 Å². The van der Waals surface area contributed by atoms with Crippen LogP contribution in [0, 0.1) is 0 Å². The van der Waals surface area contributed by atoms with Crippen molar-refractivity contribution in [3.63, 3.8) is 0 Å². The first-order chi connectivity index (χ1) is 13.5. The number of aliphatic imine (C=N–C) groups is 1. The van der Waals surface area contributed by atoms with Crippen molar-refractivity contribution in [2.75, 3.05) is 39.7 Å². The SMILES string of the molecule is CN=C(NCCNC(=O)c1ccc(Cl)c(Cl)c1)Nc1ccc(OC)c(OC)c1.I. The van der Waals surface area contributed by atoms with E-state index in [4.69, 9.17) is 32.7 Å². The van der Waals surface area contributed by atoms with Crippen LogP contribution in [0.2, 0.25) is 10.0 Å². The minimum absolute atomic E-state index is 0. The lowest BCUT2D eigenvalue weighted by Gasteiger charge is -2.14. The van der Waals surface area contributed by atoms with Crippen LogP contribution in [0.1, 0.15) is 10.4 Å². The Kier molecular flexibility index (Phi) is 10.9. The molecule has 2 aromatic rings. The molecule has 0 fully saturated rings. The molecule has 0 radical (unpaired) electrons. The first kappa shape index (κ1) is 25.1. The molecule has 0 saturated heterocycles. The molecule has 0 heterocycles. The Bertz CT molecular complexity index is 865. The zero-order valence-electron chi connectivity index (χ0n) is 16.2. The van der Waals surface area contributed by atoms with Crippen LogP contribution < -0.4 is 25.4 Å². The number of hydrogen-bond donors (Lipinski definition) is 3. The van der Waals surface area contributed by atoms with Gasteiger partial charge in [0.2, 0.25) is 0 Å². The lowest BCUT2D eigenvalue weighted by atomic mass is 10.2. The maximum Gasteiger partial charge on any atom is 0.251 e. The molecule has 0 unspecified atom stereocenters. The fourth-order valence-corrected chi connectivity index (χ4v) is 2.62. The van der Waals surface area contributed by atoms with Crippen LogP contribution >= 0.6 is 47.2 Å². The molecule has 0 aliphatic heterocycles. The molecule has 1 amide bonds. The quantitative estimate of drug-likeness (QED) is 0.209. The predicted octanol–water partition coefficient (Wildman–Crippen LogP) is 4.05. The molecule has 3 N–H and O–H groups in total. The summed E-state index contributed by atoms with van der Waals surface area (Å²) in [5, 5.41) is 9.81. The van der Waals surface area contributed by atoms with Crippen molar-refractivity contribution in [1.29, 1.82) is 0 Å². The Balaban J connectivity index is 0.00000420. The average Bonchev–Trinajstić information content (AvgIpc) is 2.71. The van der Waals surface area contributed by atoms with Crippen molar-refractivity contribution in [2.24, 2.45) is 4.99 Å². The Labute approximate surface area is 197 Å².